The molecule has 10 heteroatoms. The van der Waals surface area contributed by atoms with Gasteiger partial charge in [0.1, 0.15) is 0 Å². The Bertz CT molecular complexity index is 559. The van der Waals surface area contributed by atoms with Gasteiger partial charge in [-0.2, -0.15) is 26.3 Å². The van der Waals surface area contributed by atoms with E-state index in [1.54, 1.807) is 0 Å². The van der Waals surface area contributed by atoms with Crippen molar-refractivity contribution in [1.29, 1.82) is 0 Å². The van der Waals surface area contributed by atoms with Crippen LogP contribution in [0.4, 0.5) is 26.3 Å². The summed E-state index contributed by atoms with van der Waals surface area (Å²) in [6.45, 7) is 1.94. The zero-order chi connectivity index (χ0) is 18.9. The first-order valence-corrected chi connectivity index (χ1v) is 7.51. The third kappa shape index (κ3) is 3.91. The molecule has 1 unspecified atom stereocenters. The van der Waals surface area contributed by atoms with Crippen LogP contribution >= 0.6 is 0 Å². The van der Waals surface area contributed by atoms with Crippen molar-refractivity contribution in [2.75, 3.05) is 26.2 Å². The van der Waals surface area contributed by atoms with E-state index in [9.17, 15) is 36.6 Å². The smallest absolute Gasteiger partial charge is 0.395 e. The third-order valence-corrected chi connectivity index (χ3v) is 4.26. The number of rotatable bonds is 4. The van der Waals surface area contributed by atoms with Crippen LogP contribution in [0.5, 0.6) is 0 Å². The molecule has 0 radical (unpaired) electrons. The standard InChI is InChI=1S/C15H18F6N2O2/c16-14(17,18)13(25,15(19,20)21)11-3-1-10(2-4-11)8-23-6-5-22-7-12(23)9-24/h1-4,12,22,24-25H,5-9H2. The van der Waals surface area contributed by atoms with Crippen LogP contribution in [0.3, 0.4) is 0 Å². The van der Waals surface area contributed by atoms with Gasteiger partial charge in [-0.25, -0.2) is 0 Å². The summed E-state index contributed by atoms with van der Waals surface area (Å²) in [6.07, 6.45) is -11.8. The number of hydrogen-bond donors (Lipinski definition) is 3. The summed E-state index contributed by atoms with van der Waals surface area (Å²) in [5.41, 5.74) is -5.72. The minimum atomic E-state index is -5.90. The maximum Gasteiger partial charge on any atom is 0.430 e. The Hall–Kier alpha value is -1.36. The van der Waals surface area contributed by atoms with Gasteiger partial charge in [0.2, 0.25) is 0 Å². The molecule has 1 aliphatic rings. The highest BCUT2D eigenvalue weighted by atomic mass is 19.4. The van der Waals surface area contributed by atoms with Crippen LogP contribution in [-0.2, 0) is 12.1 Å². The van der Waals surface area contributed by atoms with E-state index < -0.39 is 23.5 Å². The zero-order valence-corrected chi connectivity index (χ0v) is 13.0. The summed E-state index contributed by atoms with van der Waals surface area (Å²) in [5.74, 6) is 0. The van der Waals surface area contributed by atoms with Gasteiger partial charge >= 0.3 is 12.4 Å². The molecule has 0 saturated carbocycles. The Balaban J connectivity index is 2.23. The number of benzene rings is 1. The molecule has 1 aromatic carbocycles. The molecular formula is C15H18F6N2O2. The molecule has 0 aliphatic carbocycles. The van der Waals surface area contributed by atoms with Crippen molar-refractivity contribution in [3.05, 3.63) is 35.4 Å². The van der Waals surface area contributed by atoms with Gasteiger partial charge < -0.3 is 15.5 Å². The molecule has 0 amide bonds. The highest BCUT2D eigenvalue weighted by Gasteiger charge is 2.71. The lowest BCUT2D eigenvalue weighted by molar-refractivity contribution is -0.376. The summed E-state index contributed by atoms with van der Waals surface area (Å²) in [7, 11) is 0. The number of halogens is 6. The lowest BCUT2D eigenvalue weighted by atomic mass is 9.91. The SMILES string of the molecule is OCC1CNCCN1Cc1ccc(C(O)(C(F)(F)F)C(F)(F)F)cc1. The predicted octanol–water partition coefficient (Wildman–Crippen LogP) is 1.76. The molecular weight excluding hydrogens is 354 g/mol. The average molecular weight is 372 g/mol. The lowest BCUT2D eigenvalue weighted by Gasteiger charge is -2.35. The van der Waals surface area contributed by atoms with Crippen molar-refractivity contribution < 1.29 is 36.6 Å². The third-order valence-electron chi connectivity index (χ3n) is 4.26. The number of aliphatic hydroxyl groups excluding tert-OH is 1. The molecule has 1 heterocycles. The Morgan fingerprint density at radius 2 is 1.60 bits per heavy atom. The van der Waals surface area contributed by atoms with Gasteiger partial charge in [0.15, 0.2) is 0 Å². The second-order valence-corrected chi connectivity index (χ2v) is 5.91. The average Bonchev–Trinajstić information content (AvgIpc) is 2.53. The maximum absolute atomic E-state index is 12.8. The molecule has 142 valence electrons. The Morgan fingerprint density at radius 1 is 1.04 bits per heavy atom. The molecule has 0 spiro atoms. The number of hydrogen-bond acceptors (Lipinski definition) is 4. The summed E-state index contributed by atoms with van der Waals surface area (Å²) in [4.78, 5) is 1.88. The fraction of sp³-hybridized carbons (Fsp3) is 0.600. The largest absolute Gasteiger partial charge is 0.430 e. The topological polar surface area (TPSA) is 55.7 Å². The Labute approximate surface area is 140 Å². The van der Waals surface area contributed by atoms with Crippen LogP contribution in [0.2, 0.25) is 0 Å². The first-order chi connectivity index (χ1) is 11.5. The van der Waals surface area contributed by atoms with Crippen molar-refractivity contribution in [3.8, 4) is 0 Å². The minimum absolute atomic E-state index is 0.118. The quantitative estimate of drug-likeness (QED) is 0.706. The Morgan fingerprint density at radius 3 is 2.08 bits per heavy atom. The van der Waals surface area contributed by atoms with E-state index in [4.69, 9.17) is 0 Å². The van der Waals surface area contributed by atoms with Gasteiger partial charge in [-0.3, -0.25) is 4.90 Å². The van der Waals surface area contributed by atoms with Crippen LogP contribution in [0.1, 0.15) is 11.1 Å². The van der Waals surface area contributed by atoms with Gasteiger partial charge in [0, 0.05) is 37.8 Å². The normalized spacial score (nSPS) is 20.7. The van der Waals surface area contributed by atoms with E-state index in [2.05, 4.69) is 5.32 Å². The molecule has 0 bridgehead atoms. The van der Waals surface area contributed by atoms with E-state index in [1.165, 1.54) is 0 Å². The summed E-state index contributed by atoms with van der Waals surface area (Å²) in [6, 6.07) is 3.32. The second kappa shape index (κ2) is 7.10. The van der Waals surface area contributed by atoms with Crippen molar-refractivity contribution >= 4 is 0 Å². The highest BCUT2D eigenvalue weighted by Crippen LogP contribution is 2.49. The minimum Gasteiger partial charge on any atom is -0.395 e. The van der Waals surface area contributed by atoms with Crippen LogP contribution in [-0.4, -0.2) is 59.7 Å². The van der Waals surface area contributed by atoms with E-state index in [0.29, 0.717) is 37.3 Å². The molecule has 0 aromatic heterocycles. The van der Waals surface area contributed by atoms with E-state index in [-0.39, 0.29) is 19.2 Å². The number of alkyl halides is 6. The molecule has 25 heavy (non-hydrogen) atoms. The van der Waals surface area contributed by atoms with Crippen LogP contribution < -0.4 is 5.32 Å². The predicted molar refractivity (Wildman–Crippen MR) is 76.6 cm³/mol. The van der Waals surface area contributed by atoms with E-state index >= 15 is 0 Å². The molecule has 1 atom stereocenters. The van der Waals surface area contributed by atoms with Crippen LogP contribution in [0.25, 0.3) is 0 Å². The van der Waals surface area contributed by atoms with Crippen molar-refractivity contribution in [2.45, 2.75) is 30.5 Å². The first kappa shape index (κ1) is 20.0. The van der Waals surface area contributed by atoms with Gasteiger partial charge in [0.05, 0.1) is 6.61 Å². The lowest BCUT2D eigenvalue weighted by Crippen LogP contribution is -2.54. The van der Waals surface area contributed by atoms with Crippen molar-refractivity contribution in [1.82, 2.24) is 10.2 Å². The molecule has 4 nitrogen and oxygen atoms in total. The van der Waals surface area contributed by atoms with Crippen LogP contribution in [0, 0.1) is 0 Å². The number of piperazine rings is 1. The first-order valence-electron chi connectivity index (χ1n) is 7.51. The molecule has 3 N–H and O–H groups in total. The van der Waals surface area contributed by atoms with E-state index in [1.807, 2.05) is 4.90 Å². The summed E-state index contributed by atoms with van der Waals surface area (Å²) >= 11 is 0. The highest BCUT2D eigenvalue weighted by molar-refractivity contribution is 5.30. The van der Waals surface area contributed by atoms with Gasteiger partial charge in [-0.1, -0.05) is 24.3 Å². The Kier molecular flexibility index (Phi) is 5.67. The van der Waals surface area contributed by atoms with E-state index in [0.717, 1.165) is 12.1 Å². The monoisotopic (exact) mass is 372 g/mol. The van der Waals surface area contributed by atoms with Gasteiger partial charge in [0.25, 0.3) is 5.60 Å². The molecule has 1 aliphatic heterocycles. The second-order valence-electron chi connectivity index (χ2n) is 5.91. The summed E-state index contributed by atoms with van der Waals surface area (Å²) in [5, 5.41) is 21.7. The molecule has 2 rings (SSSR count). The fourth-order valence-electron chi connectivity index (χ4n) is 2.77. The zero-order valence-electron chi connectivity index (χ0n) is 13.0. The van der Waals surface area contributed by atoms with Crippen LogP contribution in [0.15, 0.2) is 24.3 Å². The van der Waals surface area contributed by atoms with Gasteiger partial charge in [-0.05, 0) is 5.56 Å². The maximum atomic E-state index is 12.8. The fourth-order valence-corrected chi connectivity index (χ4v) is 2.77. The number of aliphatic hydroxyl groups is 2. The number of nitrogens with one attached hydrogen (secondary N) is 1. The van der Waals surface area contributed by atoms with Crippen molar-refractivity contribution in [2.24, 2.45) is 0 Å². The number of nitrogens with zero attached hydrogens (tertiary/aromatic N) is 1. The summed E-state index contributed by atoms with van der Waals surface area (Å²) < 4.78 is 77.1. The molecule has 1 saturated heterocycles. The molecule has 1 fully saturated rings. The van der Waals surface area contributed by atoms with Gasteiger partial charge in [-0.15, -0.1) is 0 Å². The molecule has 1 aromatic rings. The van der Waals surface area contributed by atoms with Crippen molar-refractivity contribution in [3.63, 3.8) is 0 Å².